The van der Waals surface area contributed by atoms with Gasteiger partial charge in [-0.3, -0.25) is 9.59 Å². The summed E-state index contributed by atoms with van der Waals surface area (Å²) in [4.78, 5) is 33.9. The smallest absolute Gasteiger partial charge is 0.257 e. The Morgan fingerprint density at radius 3 is 2.40 bits per heavy atom. The zero-order valence-electron chi connectivity index (χ0n) is 20.0. The average molecular weight is 470 g/mol. The molecule has 5 rings (SSSR count). The van der Waals surface area contributed by atoms with Crippen molar-refractivity contribution in [2.75, 3.05) is 35.6 Å². The molecule has 2 amide bonds. The first-order chi connectivity index (χ1) is 16.9. The second-order valence-corrected chi connectivity index (χ2v) is 9.51. The molecule has 2 aliphatic heterocycles. The second-order valence-electron chi connectivity index (χ2n) is 9.51. The van der Waals surface area contributed by atoms with E-state index in [1.54, 1.807) is 25.3 Å². The fourth-order valence-corrected chi connectivity index (χ4v) is 5.48. The molecule has 3 N–H and O–H groups in total. The predicted molar refractivity (Wildman–Crippen MR) is 139 cm³/mol. The fraction of sp³-hybridized carbons (Fsp3) is 0.321. The van der Waals surface area contributed by atoms with Crippen molar-refractivity contribution in [1.29, 1.82) is 0 Å². The summed E-state index contributed by atoms with van der Waals surface area (Å²) in [7, 11) is 0. The van der Waals surface area contributed by atoms with Crippen molar-refractivity contribution in [1.82, 2.24) is 9.88 Å². The van der Waals surface area contributed by atoms with E-state index in [0.717, 1.165) is 62.3 Å². The van der Waals surface area contributed by atoms with Gasteiger partial charge in [-0.2, -0.15) is 0 Å². The maximum absolute atomic E-state index is 12.9. The van der Waals surface area contributed by atoms with Crippen LogP contribution in [0.5, 0.6) is 0 Å². The molecule has 0 aliphatic carbocycles. The van der Waals surface area contributed by atoms with Crippen molar-refractivity contribution < 1.29 is 9.59 Å². The van der Waals surface area contributed by atoms with Crippen LogP contribution in [0, 0.1) is 0 Å². The van der Waals surface area contributed by atoms with Gasteiger partial charge < -0.3 is 20.9 Å². The molecule has 35 heavy (non-hydrogen) atoms. The molecular formula is C28H31N5O2. The van der Waals surface area contributed by atoms with E-state index in [0.29, 0.717) is 16.9 Å². The predicted octanol–water partition coefficient (Wildman–Crippen LogP) is 4.56. The first-order valence-corrected chi connectivity index (χ1v) is 12.2. The fourth-order valence-electron chi connectivity index (χ4n) is 5.48. The largest absolute Gasteiger partial charge is 0.397 e. The van der Waals surface area contributed by atoms with E-state index in [2.05, 4.69) is 20.1 Å². The summed E-state index contributed by atoms with van der Waals surface area (Å²) in [6.07, 6.45) is 5.69. The van der Waals surface area contributed by atoms with Crippen LogP contribution in [0.4, 0.5) is 17.2 Å². The Balaban J connectivity index is 1.24. The van der Waals surface area contributed by atoms with Gasteiger partial charge in [0.1, 0.15) is 5.82 Å². The van der Waals surface area contributed by atoms with Crippen molar-refractivity contribution >= 4 is 29.0 Å². The number of aromatic nitrogens is 1. The first kappa shape index (κ1) is 22.9. The molecule has 1 spiro atoms. The molecule has 0 saturated carbocycles. The summed E-state index contributed by atoms with van der Waals surface area (Å²) in [5.74, 6) is 0.787. The number of amides is 2. The lowest BCUT2D eigenvalue weighted by Crippen LogP contribution is -2.53. The lowest BCUT2D eigenvalue weighted by molar-refractivity contribution is -0.133. The Hall–Kier alpha value is -3.87. The van der Waals surface area contributed by atoms with E-state index in [1.165, 1.54) is 0 Å². The number of carbonyl (C=O) groups is 2. The Bertz CT molecular complexity index is 1220. The number of nitrogens with zero attached hydrogens (tertiary/aromatic N) is 3. The number of carbonyl (C=O) groups excluding carboxylic acids is 2. The van der Waals surface area contributed by atoms with Gasteiger partial charge in [0.05, 0.1) is 16.9 Å². The molecule has 2 fully saturated rings. The van der Waals surface area contributed by atoms with Crippen molar-refractivity contribution in [3.05, 3.63) is 72.4 Å². The molecule has 0 unspecified atom stereocenters. The Labute approximate surface area is 206 Å². The Morgan fingerprint density at radius 1 is 0.943 bits per heavy atom. The van der Waals surface area contributed by atoms with Crippen LogP contribution in [-0.2, 0) is 4.79 Å². The molecule has 0 radical (unpaired) electrons. The number of piperidine rings is 1. The summed E-state index contributed by atoms with van der Waals surface area (Å²) in [5.41, 5.74) is 9.75. The first-order valence-electron chi connectivity index (χ1n) is 12.2. The van der Waals surface area contributed by atoms with Crippen molar-refractivity contribution in [3.63, 3.8) is 0 Å². The van der Waals surface area contributed by atoms with E-state index < -0.39 is 0 Å². The Morgan fingerprint density at radius 2 is 1.71 bits per heavy atom. The standard InChI is InChI=1S/C28H31N5O2/c1-20(34)33-15-5-12-28(33)13-16-32(17-14-28)26-11-9-23(19-30-26)27(35)31-25-18-22(8-10-24(25)29)21-6-3-2-4-7-21/h2-4,6-11,18-19H,5,12-17,29H2,1H3,(H,31,35). The number of likely N-dealkylation sites (tertiary alicyclic amines) is 1. The summed E-state index contributed by atoms with van der Waals surface area (Å²) in [5, 5.41) is 2.93. The highest BCUT2D eigenvalue weighted by molar-refractivity contribution is 6.06. The minimum Gasteiger partial charge on any atom is -0.397 e. The molecular weight excluding hydrogens is 438 g/mol. The Kier molecular flexibility index (Phi) is 6.16. The van der Waals surface area contributed by atoms with Crippen LogP contribution in [0.3, 0.4) is 0 Å². The third-order valence-electron chi connectivity index (χ3n) is 7.41. The van der Waals surface area contributed by atoms with Crippen molar-refractivity contribution in [2.45, 2.75) is 38.1 Å². The van der Waals surface area contributed by atoms with Gasteiger partial charge in [0, 0.05) is 38.3 Å². The van der Waals surface area contributed by atoms with Crippen molar-refractivity contribution in [2.24, 2.45) is 0 Å². The number of benzene rings is 2. The summed E-state index contributed by atoms with van der Waals surface area (Å²) < 4.78 is 0. The van der Waals surface area contributed by atoms with Crippen LogP contribution in [0.1, 0.15) is 43.0 Å². The van der Waals surface area contributed by atoms with Gasteiger partial charge in [0.2, 0.25) is 5.91 Å². The number of nitrogens with two attached hydrogens (primary N) is 1. The monoisotopic (exact) mass is 469 g/mol. The highest BCUT2D eigenvalue weighted by atomic mass is 16.2. The van der Waals surface area contributed by atoms with E-state index in [-0.39, 0.29) is 17.4 Å². The quantitative estimate of drug-likeness (QED) is 0.547. The summed E-state index contributed by atoms with van der Waals surface area (Å²) in [6, 6.07) is 19.3. The molecule has 7 heteroatoms. The van der Waals surface area contributed by atoms with E-state index in [4.69, 9.17) is 5.73 Å². The molecule has 0 bridgehead atoms. The average Bonchev–Trinajstić information content (AvgIpc) is 3.29. The van der Waals surface area contributed by atoms with Crippen LogP contribution < -0.4 is 16.0 Å². The number of nitrogens with one attached hydrogen (secondary N) is 1. The lowest BCUT2D eigenvalue weighted by atomic mass is 9.85. The molecule has 1 aromatic heterocycles. The lowest BCUT2D eigenvalue weighted by Gasteiger charge is -2.45. The molecule has 3 heterocycles. The van der Waals surface area contributed by atoms with Crippen LogP contribution in [0.15, 0.2) is 66.9 Å². The number of rotatable bonds is 4. The molecule has 180 valence electrons. The highest BCUT2D eigenvalue weighted by Gasteiger charge is 2.44. The maximum Gasteiger partial charge on any atom is 0.257 e. The van der Waals surface area contributed by atoms with Crippen LogP contribution in [0.25, 0.3) is 11.1 Å². The highest BCUT2D eigenvalue weighted by Crippen LogP contribution is 2.39. The van der Waals surface area contributed by atoms with Gasteiger partial charge in [-0.15, -0.1) is 0 Å². The van der Waals surface area contributed by atoms with Crippen molar-refractivity contribution in [3.8, 4) is 11.1 Å². The minimum atomic E-state index is -0.249. The van der Waals surface area contributed by atoms with E-state index in [9.17, 15) is 9.59 Å². The van der Waals surface area contributed by atoms with E-state index in [1.807, 2.05) is 48.5 Å². The number of nitrogen functional groups attached to an aromatic ring is 1. The third kappa shape index (κ3) is 4.58. The molecule has 7 nitrogen and oxygen atoms in total. The number of pyridine rings is 1. The van der Waals surface area contributed by atoms with Gasteiger partial charge in [-0.25, -0.2) is 4.98 Å². The molecule has 2 saturated heterocycles. The van der Waals surface area contributed by atoms with Crippen LogP contribution in [-0.4, -0.2) is 46.9 Å². The van der Waals surface area contributed by atoms with Gasteiger partial charge in [-0.05, 0) is 61.1 Å². The molecule has 3 aromatic rings. The van der Waals surface area contributed by atoms with Crippen LogP contribution in [0.2, 0.25) is 0 Å². The second kappa shape index (κ2) is 9.41. The number of hydrogen-bond donors (Lipinski definition) is 2. The van der Waals surface area contributed by atoms with Gasteiger partial charge in [-0.1, -0.05) is 36.4 Å². The SMILES string of the molecule is CC(=O)N1CCCC12CCN(c1ccc(C(=O)Nc3cc(-c4ccccc4)ccc3N)cn1)CC2. The summed E-state index contributed by atoms with van der Waals surface area (Å²) >= 11 is 0. The maximum atomic E-state index is 12.9. The number of hydrogen-bond acceptors (Lipinski definition) is 5. The third-order valence-corrected chi connectivity index (χ3v) is 7.41. The van der Waals surface area contributed by atoms with Gasteiger partial charge in [0.25, 0.3) is 5.91 Å². The number of anilines is 3. The minimum absolute atomic E-state index is 0.0103. The van der Waals surface area contributed by atoms with Crippen LogP contribution >= 0.6 is 0 Å². The zero-order chi connectivity index (χ0) is 24.4. The summed E-state index contributed by atoms with van der Waals surface area (Å²) in [6.45, 7) is 4.25. The molecule has 2 aromatic carbocycles. The topological polar surface area (TPSA) is 91.6 Å². The van der Waals surface area contributed by atoms with Gasteiger partial charge >= 0.3 is 0 Å². The zero-order valence-corrected chi connectivity index (χ0v) is 20.0. The van der Waals surface area contributed by atoms with Gasteiger partial charge in [0.15, 0.2) is 0 Å². The van der Waals surface area contributed by atoms with E-state index >= 15 is 0 Å². The molecule has 0 atom stereocenters. The normalized spacial score (nSPS) is 16.9. The molecule has 2 aliphatic rings.